The highest BCUT2D eigenvalue weighted by Crippen LogP contribution is 2.16. The van der Waals surface area contributed by atoms with Gasteiger partial charge in [-0.1, -0.05) is 0 Å². The lowest BCUT2D eigenvalue weighted by molar-refractivity contribution is -0.130. The molecule has 3 nitrogen and oxygen atoms in total. The van der Waals surface area contributed by atoms with Crippen LogP contribution >= 0.6 is 11.6 Å². The standard InChI is InChI=1S/C9H16ClNO2/c1-13-7-8-3-2-4-11(6-8)9(12)5-10/h8H,2-7H2,1H3/t8-/m0/s1. The molecular weight excluding hydrogens is 190 g/mol. The van der Waals surface area contributed by atoms with Gasteiger partial charge in [-0.3, -0.25) is 4.79 Å². The minimum absolute atomic E-state index is 0.0440. The molecule has 0 aromatic carbocycles. The Kier molecular flexibility index (Phi) is 4.53. The van der Waals surface area contributed by atoms with Crippen LogP contribution in [0.2, 0.25) is 0 Å². The molecule has 0 radical (unpaired) electrons. The van der Waals surface area contributed by atoms with Gasteiger partial charge in [-0.15, -0.1) is 11.6 Å². The largest absolute Gasteiger partial charge is 0.384 e. The molecule has 1 aliphatic rings. The third kappa shape index (κ3) is 3.16. The third-order valence-electron chi connectivity index (χ3n) is 2.39. The number of hydrogen-bond donors (Lipinski definition) is 0. The van der Waals surface area contributed by atoms with Gasteiger partial charge in [-0.2, -0.15) is 0 Å². The van der Waals surface area contributed by atoms with E-state index in [-0.39, 0.29) is 11.8 Å². The summed E-state index contributed by atoms with van der Waals surface area (Å²) < 4.78 is 5.07. The molecule has 0 aromatic heterocycles. The number of ether oxygens (including phenoxy) is 1. The molecule has 1 fully saturated rings. The number of piperidine rings is 1. The fourth-order valence-electron chi connectivity index (χ4n) is 1.75. The number of methoxy groups -OCH3 is 1. The van der Waals surface area contributed by atoms with E-state index in [1.807, 2.05) is 4.90 Å². The van der Waals surface area contributed by atoms with Gasteiger partial charge in [0.05, 0.1) is 6.61 Å². The van der Waals surface area contributed by atoms with E-state index in [1.165, 1.54) is 0 Å². The van der Waals surface area contributed by atoms with Crippen molar-refractivity contribution < 1.29 is 9.53 Å². The zero-order chi connectivity index (χ0) is 9.68. The first kappa shape index (κ1) is 10.8. The average Bonchev–Trinajstić information content (AvgIpc) is 2.18. The summed E-state index contributed by atoms with van der Waals surface area (Å²) >= 11 is 5.49. The molecule has 0 aromatic rings. The zero-order valence-electron chi connectivity index (χ0n) is 7.96. The number of carbonyl (C=O) groups is 1. The van der Waals surface area contributed by atoms with Crippen molar-refractivity contribution in [2.24, 2.45) is 5.92 Å². The Labute approximate surface area is 84.0 Å². The normalized spacial score (nSPS) is 23.2. The molecule has 4 heteroatoms. The minimum Gasteiger partial charge on any atom is -0.384 e. The second-order valence-corrected chi connectivity index (χ2v) is 3.70. The topological polar surface area (TPSA) is 29.5 Å². The van der Waals surface area contributed by atoms with Crippen LogP contribution < -0.4 is 0 Å². The first-order valence-electron chi connectivity index (χ1n) is 4.60. The van der Waals surface area contributed by atoms with Gasteiger partial charge in [0.15, 0.2) is 0 Å². The number of rotatable bonds is 3. The van der Waals surface area contributed by atoms with Crippen molar-refractivity contribution in [3.8, 4) is 0 Å². The van der Waals surface area contributed by atoms with Crippen LogP contribution in [-0.2, 0) is 9.53 Å². The molecule has 1 heterocycles. The molecule has 1 rings (SSSR count). The van der Waals surface area contributed by atoms with Crippen LogP contribution in [0.25, 0.3) is 0 Å². The first-order chi connectivity index (χ1) is 6.27. The summed E-state index contributed by atoms with van der Waals surface area (Å²) in [7, 11) is 1.70. The molecule has 1 atom stereocenters. The van der Waals surface area contributed by atoms with E-state index in [9.17, 15) is 4.79 Å². The number of amides is 1. The molecule has 0 saturated carbocycles. The fourth-order valence-corrected chi connectivity index (χ4v) is 1.92. The summed E-state index contributed by atoms with van der Waals surface area (Å²) in [4.78, 5) is 13.1. The monoisotopic (exact) mass is 205 g/mol. The van der Waals surface area contributed by atoms with Gasteiger partial charge in [0.1, 0.15) is 5.88 Å². The van der Waals surface area contributed by atoms with Crippen LogP contribution in [0.1, 0.15) is 12.8 Å². The van der Waals surface area contributed by atoms with Crippen molar-refractivity contribution in [2.75, 3.05) is 32.7 Å². The van der Waals surface area contributed by atoms with E-state index in [0.717, 1.165) is 32.5 Å². The lowest BCUT2D eigenvalue weighted by atomic mass is 9.99. The minimum atomic E-state index is 0.0440. The van der Waals surface area contributed by atoms with Crippen molar-refractivity contribution in [1.29, 1.82) is 0 Å². The predicted octanol–water partition coefficient (Wildman–Crippen LogP) is 1.11. The molecule has 0 bridgehead atoms. The Morgan fingerprint density at radius 2 is 2.46 bits per heavy atom. The zero-order valence-corrected chi connectivity index (χ0v) is 8.72. The van der Waals surface area contributed by atoms with Gasteiger partial charge >= 0.3 is 0 Å². The van der Waals surface area contributed by atoms with Crippen LogP contribution in [0.5, 0.6) is 0 Å². The van der Waals surface area contributed by atoms with Gasteiger partial charge in [0, 0.05) is 20.2 Å². The quantitative estimate of drug-likeness (QED) is 0.646. The van der Waals surface area contributed by atoms with E-state index in [2.05, 4.69) is 0 Å². The lowest BCUT2D eigenvalue weighted by Crippen LogP contribution is -2.41. The number of halogens is 1. The second kappa shape index (κ2) is 5.45. The average molecular weight is 206 g/mol. The van der Waals surface area contributed by atoms with Crippen molar-refractivity contribution in [3.05, 3.63) is 0 Å². The van der Waals surface area contributed by atoms with E-state index >= 15 is 0 Å². The van der Waals surface area contributed by atoms with Crippen LogP contribution in [0.15, 0.2) is 0 Å². The molecule has 0 N–H and O–H groups in total. The smallest absolute Gasteiger partial charge is 0.237 e. The number of nitrogens with zero attached hydrogens (tertiary/aromatic N) is 1. The van der Waals surface area contributed by atoms with Crippen molar-refractivity contribution in [3.63, 3.8) is 0 Å². The summed E-state index contributed by atoms with van der Waals surface area (Å²) in [6.07, 6.45) is 2.22. The fraction of sp³-hybridized carbons (Fsp3) is 0.889. The van der Waals surface area contributed by atoms with Gasteiger partial charge in [-0.05, 0) is 18.8 Å². The molecular formula is C9H16ClNO2. The SMILES string of the molecule is COC[C@H]1CCCN(C(=O)CCl)C1. The van der Waals surface area contributed by atoms with E-state index in [4.69, 9.17) is 16.3 Å². The van der Waals surface area contributed by atoms with Crippen molar-refractivity contribution in [1.82, 2.24) is 4.90 Å². The van der Waals surface area contributed by atoms with Crippen molar-refractivity contribution >= 4 is 17.5 Å². The van der Waals surface area contributed by atoms with Crippen LogP contribution in [0.4, 0.5) is 0 Å². The Morgan fingerprint density at radius 3 is 3.08 bits per heavy atom. The Hall–Kier alpha value is -0.280. The predicted molar refractivity (Wildman–Crippen MR) is 51.9 cm³/mol. The molecule has 0 spiro atoms. The van der Waals surface area contributed by atoms with Crippen molar-refractivity contribution in [2.45, 2.75) is 12.8 Å². The highest BCUT2D eigenvalue weighted by molar-refractivity contribution is 6.27. The maximum absolute atomic E-state index is 11.3. The lowest BCUT2D eigenvalue weighted by Gasteiger charge is -2.31. The van der Waals surface area contributed by atoms with Gasteiger partial charge in [0.25, 0.3) is 0 Å². The van der Waals surface area contributed by atoms with Gasteiger partial charge in [-0.25, -0.2) is 0 Å². The summed E-state index contributed by atoms with van der Waals surface area (Å²) in [6, 6.07) is 0. The molecule has 0 aliphatic carbocycles. The first-order valence-corrected chi connectivity index (χ1v) is 5.14. The molecule has 76 valence electrons. The summed E-state index contributed by atoms with van der Waals surface area (Å²) in [6.45, 7) is 2.40. The number of likely N-dealkylation sites (tertiary alicyclic amines) is 1. The summed E-state index contributed by atoms with van der Waals surface area (Å²) in [5.74, 6) is 0.632. The Balaban J connectivity index is 2.37. The van der Waals surface area contributed by atoms with Crippen LogP contribution in [0, 0.1) is 5.92 Å². The highest BCUT2D eigenvalue weighted by atomic mass is 35.5. The molecule has 1 amide bonds. The van der Waals surface area contributed by atoms with Crippen LogP contribution in [-0.4, -0.2) is 43.5 Å². The van der Waals surface area contributed by atoms with E-state index in [1.54, 1.807) is 7.11 Å². The maximum Gasteiger partial charge on any atom is 0.237 e. The van der Waals surface area contributed by atoms with E-state index < -0.39 is 0 Å². The maximum atomic E-state index is 11.3. The van der Waals surface area contributed by atoms with E-state index in [0.29, 0.717) is 5.92 Å². The van der Waals surface area contributed by atoms with Gasteiger partial charge in [0.2, 0.25) is 5.91 Å². The molecule has 1 aliphatic heterocycles. The summed E-state index contributed by atoms with van der Waals surface area (Å²) in [5, 5.41) is 0. The highest BCUT2D eigenvalue weighted by Gasteiger charge is 2.22. The van der Waals surface area contributed by atoms with Gasteiger partial charge < -0.3 is 9.64 Å². The second-order valence-electron chi connectivity index (χ2n) is 3.44. The molecule has 13 heavy (non-hydrogen) atoms. The van der Waals surface area contributed by atoms with Crippen LogP contribution in [0.3, 0.4) is 0 Å². The Morgan fingerprint density at radius 1 is 1.69 bits per heavy atom. The molecule has 0 unspecified atom stereocenters. The Bertz CT molecular complexity index is 173. The number of carbonyl (C=O) groups excluding carboxylic acids is 1. The molecule has 1 saturated heterocycles. The third-order valence-corrected chi connectivity index (χ3v) is 2.62. The number of hydrogen-bond acceptors (Lipinski definition) is 2. The number of alkyl halides is 1. The summed E-state index contributed by atoms with van der Waals surface area (Å²) in [5.41, 5.74) is 0.